The first kappa shape index (κ1) is 42.6. The maximum absolute atomic E-state index is 9.35. The normalized spacial score (nSPS) is 10.5. The highest BCUT2D eigenvalue weighted by Crippen LogP contribution is 2.30. The summed E-state index contributed by atoms with van der Waals surface area (Å²) in [6.45, 7) is 3.60. The van der Waals surface area contributed by atoms with Gasteiger partial charge in [0.1, 0.15) is 0 Å². The van der Waals surface area contributed by atoms with E-state index in [1.807, 2.05) is 38.1 Å². The average molecular weight is 833 g/mol. The second kappa shape index (κ2) is 20.0. The maximum atomic E-state index is 9.35. The minimum absolute atomic E-state index is 0.0866. The van der Waals surface area contributed by atoms with Crippen LogP contribution in [0, 0.1) is 13.8 Å². The predicted molar refractivity (Wildman–Crippen MR) is 212 cm³/mol. The number of aliphatic hydroxyl groups is 2. The summed E-state index contributed by atoms with van der Waals surface area (Å²) in [5.74, 6) is 1.22. The Balaban J connectivity index is 0.000000194. The SMILES string of the molecule is COc1nc(-c2ccc(C)c(Cl)c2)nc(-c2cc(CO)ccc2Cl)n1.COc1nc(Cl)nc(-c2ccc(C)c(Cl)c2)n1.OCc1ccc(Cl)c(B(O)O)c1. The molecule has 0 saturated heterocycles. The molecule has 0 unspecified atom stereocenters. The number of hydrogen-bond donors (Lipinski definition) is 4. The lowest BCUT2D eigenvalue weighted by atomic mass is 9.79. The van der Waals surface area contributed by atoms with Gasteiger partial charge in [-0.3, -0.25) is 0 Å². The van der Waals surface area contributed by atoms with Crippen molar-refractivity contribution in [2.45, 2.75) is 27.1 Å². The molecule has 0 atom stereocenters. The molecule has 0 aliphatic rings. The van der Waals surface area contributed by atoms with Crippen molar-refractivity contribution in [2.24, 2.45) is 0 Å². The van der Waals surface area contributed by atoms with Gasteiger partial charge in [0, 0.05) is 37.2 Å². The molecule has 18 heteroatoms. The zero-order valence-electron chi connectivity index (χ0n) is 29.1. The number of halogens is 5. The quantitative estimate of drug-likeness (QED) is 0.116. The molecule has 0 aliphatic heterocycles. The first-order valence-electron chi connectivity index (χ1n) is 15.7. The molecule has 0 amide bonds. The molecule has 280 valence electrons. The third-order valence-corrected chi connectivity index (χ3v) is 9.06. The van der Waals surface area contributed by atoms with E-state index in [9.17, 15) is 5.11 Å². The van der Waals surface area contributed by atoms with Crippen LogP contribution < -0.4 is 14.9 Å². The molecule has 4 N–H and O–H groups in total. The average Bonchev–Trinajstić information content (AvgIpc) is 3.17. The summed E-state index contributed by atoms with van der Waals surface area (Å²) in [5, 5.41) is 37.8. The lowest BCUT2D eigenvalue weighted by Gasteiger charge is -2.09. The van der Waals surface area contributed by atoms with Crippen molar-refractivity contribution >= 4 is 70.6 Å². The van der Waals surface area contributed by atoms with Gasteiger partial charge in [0.2, 0.25) is 5.28 Å². The standard InChI is InChI=1S/C18H15Cl2N3O2.C11H9Cl2N3O.C7H8BClO3/c1-10-3-5-12(8-15(10)20)16-21-17(23-18(22-16)25-2)13-7-11(9-24)4-6-14(13)19;1-6-3-4-7(5-8(6)12)9-14-10(13)16-11(15-9)17-2;9-7-2-1-5(4-10)3-6(7)8(11)12/h3-8,24H,9H2,1-2H3;3-5H,1-2H3;1-3,10-12H,4H2. The highest BCUT2D eigenvalue weighted by atomic mass is 35.5. The zero-order chi connectivity index (χ0) is 39.5. The van der Waals surface area contributed by atoms with E-state index in [0.717, 1.165) is 22.3 Å². The largest absolute Gasteiger partial charge is 0.489 e. The summed E-state index contributed by atoms with van der Waals surface area (Å²) in [6.07, 6.45) is 0. The van der Waals surface area contributed by atoms with Crippen molar-refractivity contribution in [1.29, 1.82) is 0 Å². The van der Waals surface area contributed by atoms with Gasteiger partial charge >= 0.3 is 19.1 Å². The van der Waals surface area contributed by atoms with Crippen LogP contribution in [0.15, 0.2) is 72.8 Å². The van der Waals surface area contributed by atoms with Crippen molar-refractivity contribution in [2.75, 3.05) is 14.2 Å². The molecule has 0 saturated carbocycles. The van der Waals surface area contributed by atoms with Crippen LogP contribution in [0.2, 0.25) is 25.4 Å². The number of hydrogen-bond acceptors (Lipinski definition) is 12. The van der Waals surface area contributed by atoms with E-state index < -0.39 is 7.12 Å². The molecule has 6 rings (SSSR count). The van der Waals surface area contributed by atoms with Gasteiger partial charge in [-0.15, -0.1) is 0 Å². The molecule has 0 aliphatic carbocycles. The Kier molecular flexibility index (Phi) is 15.8. The Morgan fingerprint density at radius 3 is 1.52 bits per heavy atom. The highest BCUT2D eigenvalue weighted by Gasteiger charge is 2.16. The van der Waals surface area contributed by atoms with E-state index in [4.69, 9.17) is 82.6 Å². The summed E-state index contributed by atoms with van der Waals surface area (Å²) < 4.78 is 10.1. The van der Waals surface area contributed by atoms with Crippen LogP contribution in [0.3, 0.4) is 0 Å². The van der Waals surface area contributed by atoms with Gasteiger partial charge in [0.05, 0.1) is 32.5 Å². The highest BCUT2D eigenvalue weighted by molar-refractivity contribution is 6.62. The van der Waals surface area contributed by atoms with Crippen LogP contribution in [0.5, 0.6) is 12.0 Å². The molecule has 0 radical (unpaired) electrons. The fraction of sp³-hybridized carbons (Fsp3) is 0.167. The van der Waals surface area contributed by atoms with E-state index in [-0.39, 0.29) is 41.0 Å². The Labute approximate surface area is 336 Å². The smallest absolute Gasteiger partial charge is 0.467 e. The Morgan fingerprint density at radius 2 is 1.02 bits per heavy atom. The topological polar surface area (TPSA) is 177 Å². The molecule has 2 heterocycles. The number of benzene rings is 4. The third kappa shape index (κ3) is 11.4. The van der Waals surface area contributed by atoms with Gasteiger partial charge in [0.15, 0.2) is 17.5 Å². The van der Waals surface area contributed by atoms with Crippen LogP contribution in [0.1, 0.15) is 22.3 Å². The van der Waals surface area contributed by atoms with Crippen molar-refractivity contribution in [1.82, 2.24) is 29.9 Å². The molecule has 0 fully saturated rings. The number of aromatic nitrogens is 6. The number of aliphatic hydroxyl groups excluding tert-OH is 2. The van der Waals surface area contributed by atoms with Gasteiger partial charge in [-0.2, -0.15) is 24.9 Å². The fourth-order valence-electron chi connectivity index (χ4n) is 4.45. The molecule has 54 heavy (non-hydrogen) atoms. The molecular weight excluding hydrogens is 801 g/mol. The molecule has 0 spiro atoms. The van der Waals surface area contributed by atoms with E-state index in [0.29, 0.717) is 49.2 Å². The third-order valence-electron chi connectivity index (χ3n) is 7.40. The number of nitrogens with zero attached hydrogens (tertiary/aromatic N) is 6. The van der Waals surface area contributed by atoms with E-state index in [1.54, 1.807) is 36.4 Å². The van der Waals surface area contributed by atoms with Crippen molar-refractivity contribution < 1.29 is 29.7 Å². The van der Waals surface area contributed by atoms with E-state index in [2.05, 4.69) is 29.9 Å². The minimum Gasteiger partial charge on any atom is -0.467 e. The van der Waals surface area contributed by atoms with E-state index >= 15 is 0 Å². The summed E-state index contributed by atoms with van der Waals surface area (Å²) in [7, 11) is 1.36. The molecule has 2 aromatic heterocycles. The van der Waals surface area contributed by atoms with Crippen LogP contribution in [-0.4, -0.2) is 71.5 Å². The zero-order valence-corrected chi connectivity index (χ0v) is 32.9. The Hall–Kier alpha value is -4.15. The summed E-state index contributed by atoms with van der Waals surface area (Å²) in [4.78, 5) is 25.0. The second-order valence-electron chi connectivity index (χ2n) is 11.2. The van der Waals surface area contributed by atoms with Crippen LogP contribution >= 0.6 is 58.0 Å². The minimum atomic E-state index is -1.59. The first-order chi connectivity index (χ1) is 25.8. The molecule has 0 bridgehead atoms. The van der Waals surface area contributed by atoms with Gasteiger partial charge < -0.3 is 29.7 Å². The predicted octanol–water partition coefficient (Wildman–Crippen LogP) is 7.00. The molecule has 4 aromatic carbocycles. The molecule has 12 nitrogen and oxygen atoms in total. The van der Waals surface area contributed by atoms with Gasteiger partial charge in [0.25, 0.3) is 0 Å². The second-order valence-corrected chi connectivity index (χ2v) is 13.1. The summed E-state index contributed by atoms with van der Waals surface area (Å²) >= 11 is 30.0. The first-order valence-corrected chi connectivity index (χ1v) is 17.6. The van der Waals surface area contributed by atoms with E-state index in [1.165, 1.54) is 26.4 Å². The summed E-state index contributed by atoms with van der Waals surface area (Å²) in [6, 6.07) is 21.2. The van der Waals surface area contributed by atoms with Crippen molar-refractivity contribution in [3.63, 3.8) is 0 Å². The van der Waals surface area contributed by atoms with Crippen LogP contribution in [-0.2, 0) is 13.2 Å². The molecule has 6 aromatic rings. The summed E-state index contributed by atoms with van der Waals surface area (Å²) in [5.41, 5.74) is 5.57. The fourth-order valence-corrected chi connectivity index (χ4v) is 5.38. The number of aryl methyl sites for hydroxylation is 2. The molecular formula is C36H32BCl5N6O6. The van der Waals surface area contributed by atoms with Crippen LogP contribution in [0.4, 0.5) is 0 Å². The van der Waals surface area contributed by atoms with Crippen LogP contribution in [0.25, 0.3) is 34.2 Å². The number of ether oxygens (including phenoxy) is 2. The maximum Gasteiger partial charge on any atom is 0.489 e. The lowest BCUT2D eigenvalue weighted by molar-refractivity contribution is 0.281. The van der Waals surface area contributed by atoms with Crippen molar-refractivity contribution in [3.8, 4) is 46.2 Å². The number of rotatable bonds is 8. The number of methoxy groups -OCH3 is 2. The van der Waals surface area contributed by atoms with Gasteiger partial charge in [-0.1, -0.05) is 88.9 Å². The van der Waals surface area contributed by atoms with Gasteiger partial charge in [-0.05, 0) is 78.0 Å². The Bertz CT molecular complexity index is 2240. The lowest BCUT2D eigenvalue weighted by Crippen LogP contribution is -2.31. The van der Waals surface area contributed by atoms with Crippen molar-refractivity contribution in [3.05, 3.63) is 120 Å². The Morgan fingerprint density at radius 1 is 0.537 bits per heavy atom. The van der Waals surface area contributed by atoms with Gasteiger partial charge in [-0.25, -0.2) is 4.98 Å². The monoisotopic (exact) mass is 830 g/mol.